The smallest absolute Gasteiger partial charge is 0.258 e. The number of anilines is 2. The zero-order valence-corrected chi connectivity index (χ0v) is 35.4. The molecule has 4 amide bonds. The highest BCUT2D eigenvalue weighted by molar-refractivity contribution is 6.19. The summed E-state index contributed by atoms with van der Waals surface area (Å²) in [4.78, 5) is 71.5. The fraction of sp³-hybridized carbons (Fsp3) is 0.444. The summed E-state index contributed by atoms with van der Waals surface area (Å²) in [5.41, 5.74) is 9.99. The van der Waals surface area contributed by atoms with Crippen LogP contribution >= 0.6 is 0 Å². The Morgan fingerprint density at radius 1 is 0.984 bits per heavy atom. The van der Waals surface area contributed by atoms with Crippen LogP contribution in [0.3, 0.4) is 0 Å². The predicted octanol–water partition coefficient (Wildman–Crippen LogP) is 4.99. The Hall–Kier alpha value is -6.23. The van der Waals surface area contributed by atoms with Crippen LogP contribution in [0, 0.1) is 24.5 Å². The number of rotatable bonds is 5. The van der Waals surface area contributed by atoms with Gasteiger partial charge >= 0.3 is 0 Å². The number of carbonyl (C=O) groups is 4. The van der Waals surface area contributed by atoms with Crippen molar-refractivity contribution in [1.29, 1.82) is 0 Å². The number of aromatic nitrogens is 3. The number of hydrogen-bond donors (Lipinski definition) is 3. The Kier molecular flexibility index (Phi) is 12.1. The number of nitrogens with two attached hydrogens (primary N) is 1. The molecular formula is C45H52F2N10O5. The first-order chi connectivity index (χ1) is 29.8. The summed E-state index contributed by atoms with van der Waals surface area (Å²) in [5.74, 6) is -3.32. The number of nitrogens with zero attached hydrogens (tertiary/aromatic N) is 7. The maximum absolute atomic E-state index is 15.3. The van der Waals surface area contributed by atoms with E-state index >= 15 is 8.78 Å². The topological polar surface area (TPSA) is 180 Å². The molecule has 3 saturated heterocycles. The van der Waals surface area contributed by atoms with Crippen molar-refractivity contribution in [1.82, 2.24) is 29.7 Å². The largest absolute Gasteiger partial charge is 0.477 e. The highest BCUT2D eigenvalue weighted by atomic mass is 19.1. The molecule has 8 rings (SSSR count). The van der Waals surface area contributed by atoms with Crippen LogP contribution in [0.4, 0.5) is 20.4 Å². The number of nitrogens with one attached hydrogen (secondary N) is 2. The molecule has 62 heavy (non-hydrogen) atoms. The molecule has 2 atom stereocenters. The first kappa shape index (κ1) is 42.5. The number of imide groups is 1. The van der Waals surface area contributed by atoms with Gasteiger partial charge in [-0.3, -0.25) is 44.7 Å². The van der Waals surface area contributed by atoms with Gasteiger partial charge in [0, 0.05) is 93.6 Å². The van der Waals surface area contributed by atoms with E-state index in [2.05, 4.69) is 32.4 Å². The Balaban J connectivity index is 0.926. The molecule has 0 aliphatic carbocycles. The molecule has 326 valence electrons. The molecule has 0 spiro atoms. The van der Waals surface area contributed by atoms with Gasteiger partial charge in [-0.25, -0.2) is 13.8 Å². The van der Waals surface area contributed by atoms with Crippen LogP contribution in [-0.2, 0) is 20.9 Å². The van der Waals surface area contributed by atoms with Crippen LogP contribution in [0.25, 0.3) is 16.6 Å². The van der Waals surface area contributed by atoms with Gasteiger partial charge in [-0.15, -0.1) is 0 Å². The van der Waals surface area contributed by atoms with E-state index in [1.54, 1.807) is 37.1 Å². The Morgan fingerprint density at radius 3 is 2.42 bits per heavy atom. The van der Waals surface area contributed by atoms with E-state index < -0.39 is 29.4 Å². The number of aryl methyl sites for hydroxylation is 1. The summed E-state index contributed by atoms with van der Waals surface area (Å²) in [6, 6.07) is 11.6. The van der Waals surface area contributed by atoms with Crippen molar-refractivity contribution >= 4 is 57.8 Å². The second kappa shape index (κ2) is 17.6. The number of aliphatic imine (C=N–C) groups is 1. The van der Waals surface area contributed by atoms with E-state index in [9.17, 15) is 19.2 Å². The van der Waals surface area contributed by atoms with E-state index in [-0.39, 0.29) is 48.2 Å². The molecule has 0 radical (unpaired) electrons. The van der Waals surface area contributed by atoms with Crippen molar-refractivity contribution in [2.75, 3.05) is 57.1 Å². The molecule has 17 heteroatoms. The number of benzene rings is 2. The van der Waals surface area contributed by atoms with Gasteiger partial charge in [0.05, 0.1) is 40.9 Å². The summed E-state index contributed by atoms with van der Waals surface area (Å²) in [6.07, 6.45) is 4.63. The van der Waals surface area contributed by atoms with Crippen LogP contribution in [-0.4, -0.2) is 113 Å². The lowest BCUT2D eigenvalue weighted by Crippen LogP contribution is -2.63. The third-order valence-corrected chi connectivity index (χ3v) is 12.6. The minimum Gasteiger partial charge on any atom is -0.477 e. The predicted molar refractivity (Wildman–Crippen MR) is 231 cm³/mol. The Labute approximate surface area is 358 Å². The van der Waals surface area contributed by atoms with E-state index in [4.69, 9.17) is 15.5 Å². The van der Waals surface area contributed by atoms with Gasteiger partial charge in [0.15, 0.2) is 0 Å². The normalized spacial score (nSPS) is 22.4. The van der Waals surface area contributed by atoms with Gasteiger partial charge in [0.1, 0.15) is 11.6 Å². The van der Waals surface area contributed by atoms with Gasteiger partial charge in [-0.05, 0) is 87.4 Å². The van der Waals surface area contributed by atoms with E-state index in [0.29, 0.717) is 90.5 Å². The van der Waals surface area contributed by atoms with E-state index in [1.165, 1.54) is 18.3 Å². The molecule has 0 saturated carbocycles. The third-order valence-electron chi connectivity index (χ3n) is 12.6. The second-order valence-corrected chi connectivity index (χ2v) is 16.9. The first-order valence-electron chi connectivity index (χ1n) is 21.2. The molecule has 4 aromatic rings. The lowest BCUT2D eigenvalue weighted by Gasteiger charge is -2.50. The van der Waals surface area contributed by atoms with Crippen LogP contribution in [0.2, 0.25) is 0 Å². The molecule has 4 aliphatic rings. The highest BCUT2D eigenvalue weighted by Gasteiger charge is 2.39. The Bertz CT molecular complexity index is 2470. The second-order valence-electron chi connectivity index (χ2n) is 16.9. The third kappa shape index (κ3) is 8.49. The van der Waals surface area contributed by atoms with E-state index in [0.717, 1.165) is 31.2 Å². The summed E-state index contributed by atoms with van der Waals surface area (Å²) >= 11 is 0. The van der Waals surface area contributed by atoms with Gasteiger partial charge in [-0.1, -0.05) is 6.92 Å². The average Bonchev–Trinajstić information content (AvgIpc) is 3.56. The number of halogens is 2. The maximum Gasteiger partial charge on any atom is 0.258 e. The van der Waals surface area contributed by atoms with Crippen molar-refractivity contribution in [3.05, 3.63) is 88.4 Å². The SMILES string of the molecule is CN=C1OCCC[C@@H](C)Cn2c(nc3ccc(C(=O)N(C)C4CN(C5CCN(c6cc(F)c([C@H]7CCC(=O)NC7=O)c(F)c6)CC5)C4)cc32)NC(=O)c2cc(C)nc(c2)C1=CN. The average molecular weight is 851 g/mol. The first-order valence-corrected chi connectivity index (χ1v) is 21.2. The zero-order valence-electron chi connectivity index (χ0n) is 35.4. The standard InChI is InChI=1S/C45H52F2N10O5/c1-25-6-5-15-62-43(49-3)33(21-48)37-17-28(16-26(2)50-37)41(59)53-45-51-36-9-7-27(18-38(36)57(45)22-25)44(61)54(4)31-23-56(24-31)29-11-13-55(14-12-29)30-19-34(46)40(35(47)20-30)32-8-10-39(58)52-42(32)60/h7,9,16-21,25,29,31-32H,5-6,8,10-15,22-24,48H2,1-4H3,(H,51,53,59)(H,52,58,60)/t25-,32-/m1/s1. The molecule has 0 unspecified atom stereocenters. The maximum atomic E-state index is 15.3. The zero-order chi connectivity index (χ0) is 43.8. The van der Waals surface area contributed by atoms with Crippen molar-refractivity contribution < 1.29 is 32.7 Å². The van der Waals surface area contributed by atoms with Gasteiger partial charge in [0.25, 0.3) is 11.8 Å². The van der Waals surface area contributed by atoms with Crippen molar-refractivity contribution in [3.8, 4) is 0 Å². The van der Waals surface area contributed by atoms with Gasteiger partial charge < -0.3 is 24.8 Å². The molecule has 2 aromatic heterocycles. The molecule has 2 bridgehead atoms. The summed E-state index contributed by atoms with van der Waals surface area (Å²) in [5, 5.41) is 5.20. The summed E-state index contributed by atoms with van der Waals surface area (Å²) in [7, 11) is 3.45. The van der Waals surface area contributed by atoms with Crippen LogP contribution < -0.4 is 21.3 Å². The molecule has 6 heterocycles. The highest BCUT2D eigenvalue weighted by Crippen LogP contribution is 2.34. The monoisotopic (exact) mass is 850 g/mol. The van der Waals surface area contributed by atoms with Crippen molar-refractivity contribution in [2.45, 2.75) is 76.9 Å². The number of piperidine rings is 2. The molecule has 3 fully saturated rings. The number of fused-ring (bicyclic) bond motifs is 5. The molecule has 15 nitrogen and oxygen atoms in total. The number of pyridine rings is 1. The van der Waals surface area contributed by atoms with Crippen molar-refractivity contribution in [2.24, 2.45) is 16.6 Å². The number of amides is 4. The molecular weight excluding hydrogens is 799 g/mol. The van der Waals surface area contributed by atoms with E-state index in [1.807, 2.05) is 28.6 Å². The number of likely N-dealkylation sites (N-methyl/N-ethyl adjacent to an activating group) is 1. The molecule has 2 aromatic carbocycles. The lowest BCUT2D eigenvalue weighted by atomic mass is 9.89. The Morgan fingerprint density at radius 2 is 1.73 bits per heavy atom. The number of ether oxygens (including phenoxy) is 1. The summed E-state index contributed by atoms with van der Waals surface area (Å²) < 4.78 is 38.5. The minimum atomic E-state index is -1.04. The lowest BCUT2D eigenvalue weighted by molar-refractivity contribution is -0.134. The summed E-state index contributed by atoms with van der Waals surface area (Å²) in [6.45, 7) is 7.50. The van der Waals surface area contributed by atoms with Gasteiger partial charge in [-0.2, -0.15) is 0 Å². The van der Waals surface area contributed by atoms with Crippen molar-refractivity contribution in [3.63, 3.8) is 0 Å². The number of imidazole rings is 1. The van der Waals surface area contributed by atoms with Gasteiger partial charge in [0.2, 0.25) is 23.7 Å². The minimum absolute atomic E-state index is 0.00509. The quantitative estimate of drug-likeness (QED) is 0.232. The van der Waals surface area contributed by atoms with Crippen LogP contribution in [0.1, 0.15) is 89.0 Å². The number of hydrogen-bond acceptors (Lipinski definition) is 11. The number of carbonyl (C=O) groups excluding carboxylic acids is 4. The molecule has 4 N–H and O–H groups in total. The number of likely N-dealkylation sites (tertiary alicyclic amines) is 1. The fourth-order valence-corrected chi connectivity index (χ4v) is 9.12. The fourth-order valence-electron chi connectivity index (χ4n) is 9.12. The van der Waals surface area contributed by atoms with Crippen LogP contribution in [0.15, 0.2) is 53.7 Å². The van der Waals surface area contributed by atoms with Crippen LogP contribution in [0.5, 0.6) is 0 Å². The molecule has 4 aliphatic heterocycles.